The Morgan fingerprint density at radius 1 is 1.17 bits per heavy atom. The van der Waals surface area contributed by atoms with Crippen LogP contribution in [0.1, 0.15) is 44.9 Å². The average molecular weight is 166 g/mol. The second-order valence-electron chi connectivity index (χ2n) is 4.04. The first-order valence-corrected chi connectivity index (χ1v) is 5.23. The van der Waals surface area contributed by atoms with E-state index in [9.17, 15) is 0 Å². The van der Waals surface area contributed by atoms with Crippen LogP contribution in [0.2, 0.25) is 0 Å². The fraction of sp³-hybridized carbons (Fsp3) is 0.900. The van der Waals surface area contributed by atoms with Gasteiger partial charge in [-0.2, -0.15) is 5.10 Å². The van der Waals surface area contributed by atoms with Gasteiger partial charge in [-0.25, -0.2) is 0 Å². The van der Waals surface area contributed by atoms with Crippen molar-refractivity contribution in [2.75, 3.05) is 6.54 Å². The highest BCUT2D eigenvalue weighted by atomic mass is 15.3. The van der Waals surface area contributed by atoms with Crippen molar-refractivity contribution in [2.45, 2.75) is 44.9 Å². The summed E-state index contributed by atoms with van der Waals surface area (Å²) in [5.41, 5.74) is 4.60. The van der Waals surface area contributed by atoms with Crippen LogP contribution in [0, 0.1) is 5.92 Å². The number of nitrogens with one attached hydrogen (secondary N) is 1. The minimum atomic E-state index is 0.912. The lowest BCUT2D eigenvalue weighted by Gasteiger charge is -2.15. The van der Waals surface area contributed by atoms with Crippen LogP contribution < -0.4 is 5.43 Å². The van der Waals surface area contributed by atoms with Crippen molar-refractivity contribution >= 4 is 5.71 Å². The van der Waals surface area contributed by atoms with E-state index in [1.807, 2.05) is 0 Å². The molecule has 0 spiro atoms. The van der Waals surface area contributed by atoms with Gasteiger partial charge < -0.3 is 5.43 Å². The van der Waals surface area contributed by atoms with E-state index in [0.717, 1.165) is 12.5 Å². The molecule has 0 amide bonds. The number of hydrogen-bond donors (Lipinski definition) is 1. The molecule has 0 bridgehead atoms. The summed E-state index contributed by atoms with van der Waals surface area (Å²) in [5.74, 6) is 0.912. The number of hydrazone groups is 1. The van der Waals surface area contributed by atoms with Crippen molar-refractivity contribution in [3.8, 4) is 0 Å². The maximum atomic E-state index is 4.36. The average Bonchev–Trinajstić information content (AvgIpc) is 2.46. The summed E-state index contributed by atoms with van der Waals surface area (Å²) in [6.07, 6.45) is 9.51. The van der Waals surface area contributed by atoms with Crippen LogP contribution in [0.5, 0.6) is 0 Å². The molecule has 2 heteroatoms. The molecule has 0 atom stereocenters. The van der Waals surface area contributed by atoms with Gasteiger partial charge in [0.25, 0.3) is 0 Å². The summed E-state index contributed by atoms with van der Waals surface area (Å²) in [6, 6.07) is 0. The van der Waals surface area contributed by atoms with E-state index in [1.165, 1.54) is 50.7 Å². The zero-order valence-corrected chi connectivity index (χ0v) is 7.68. The smallest absolute Gasteiger partial charge is 0.0378 e. The lowest BCUT2D eigenvalue weighted by Crippen LogP contribution is -2.20. The van der Waals surface area contributed by atoms with Crippen LogP contribution in [0.4, 0.5) is 0 Å². The van der Waals surface area contributed by atoms with Gasteiger partial charge in [0.15, 0.2) is 0 Å². The monoisotopic (exact) mass is 166 g/mol. The molecule has 2 rings (SSSR count). The van der Waals surface area contributed by atoms with Crippen molar-refractivity contribution < 1.29 is 0 Å². The van der Waals surface area contributed by atoms with Gasteiger partial charge in [-0.05, 0) is 38.0 Å². The summed E-state index contributed by atoms with van der Waals surface area (Å²) in [5, 5.41) is 4.36. The van der Waals surface area contributed by atoms with Gasteiger partial charge in [-0.15, -0.1) is 0 Å². The fourth-order valence-electron chi connectivity index (χ4n) is 1.95. The topological polar surface area (TPSA) is 24.4 Å². The molecule has 68 valence electrons. The Balaban J connectivity index is 1.61. The Morgan fingerprint density at radius 2 is 1.92 bits per heavy atom. The van der Waals surface area contributed by atoms with Crippen LogP contribution in [0.25, 0.3) is 0 Å². The molecule has 0 aliphatic heterocycles. The van der Waals surface area contributed by atoms with Crippen molar-refractivity contribution in [1.29, 1.82) is 0 Å². The molecule has 0 unspecified atom stereocenters. The molecular weight excluding hydrogens is 148 g/mol. The van der Waals surface area contributed by atoms with Crippen LogP contribution in [-0.4, -0.2) is 12.3 Å². The van der Waals surface area contributed by atoms with E-state index in [0.29, 0.717) is 0 Å². The van der Waals surface area contributed by atoms with Gasteiger partial charge in [0.05, 0.1) is 0 Å². The van der Waals surface area contributed by atoms with Gasteiger partial charge in [-0.1, -0.05) is 12.8 Å². The minimum Gasteiger partial charge on any atom is -0.310 e. The minimum absolute atomic E-state index is 0.912. The van der Waals surface area contributed by atoms with Gasteiger partial charge in [0.2, 0.25) is 0 Å². The SMILES string of the molecule is C1CC(=NNCC2CCCC2)C1. The summed E-state index contributed by atoms with van der Waals surface area (Å²) in [4.78, 5) is 0. The normalized spacial score (nSPS) is 23.8. The third kappa shape index (κ3) is 1.99. The Morgan fingerprint density at radius 3 is 2.50 bits per heavy atom. The third-order valence-electron chi connectivity index (χ3n) is 3.02. The first-order valence-electron chi connectivity index (χ1n) is 5.23. The first-order chi connectivity index (χ1) is 5.95. The molecule has 0 radical (unpaired) electrons. The maximum Gasteiger partial charge on any atom is 0.0378 e. The number of hydrogen-bond acceptors (Lipinski definition) is 2. The molecule has 2 aliphatic rings. The van der Waals surface area contributed by atoms with Gasteiger partial charge in [0, 0.05) is 12.3 Å². The molecule has 1 N–H and O–H groups in total. The summed E-state index contributed by atoms with van der Waals surface area (Å²) < 4.78 is 0. The summed E-state index contributed by atoms with van der Waals surface area (Å²) >= 11 is 0. The van der Waals surface area contributed by atoms with Crippen LogP contribution in [-0.2, 0) is 0 Å². The Bertz CT molecular complexity index is 163. The van der Waals surface area contributed by atoms with Gasteiger partial charge in [-0.3, -0.25) is 0 Å². The molecular formula is C10H18N2. The molecule has 0 aromatic heterocycles. The standard InChI is InChI=1S/C10H18N2/c1-2-5-9(4-1)8-11-12-10-6-3-7-10/h9,11H,1-8H2. The highest BCUT2D eigenvalue weighted by molar-refractivity contribution is 5.88. The largest absolute Gasteiger partial charge is 0.310 e. The fourth-order valence-corrected chi connectivity index (χ4v) is 1.95. The lowest BCUT2D eigenvalue weighted by molar-refractivity contribution is 0.497. The second-order valence-corrected chi connectivity index (χ2v) is 4.04. The Labute approximate surface area is 74.4 Å². The first kappa shape index (κ1) is 8.09. The van der Waals surface area contributed by atoms with E-state index >= 15 is 0 Å². The van der Waals surface area contributed by atoms with E-state index in [2.05, 4.69) is 10.5 Å². The van der Waals surface area contributed by atoms with Crippen molar-refractivity contribution in [3.05, 3.63) is 0 Å². The molecule has 0 saturated heterocycles. The predicted molar refractivity (Wildman–Crippen MR) is 51.2 cm³/mol. The number of rotatable bonds is 3. The van der Waals surface area contributed by atoms with Gasteiger partial charge in [0.1, 0.15) is 0 Å². The molecule has 0 aromatic carbocycles. The molecule has 2 aliphatic carbocycles. The van der Waals surface area contributed by atoms with Crippen molar-refractivity contribution in [1.82, 2.24) is 5.43 Å². The summed E-state index contributed by atoms with van der Waals surface area (Å²) in [6.45, 7) is 1.11. The van der Waals surface area contributed by atoms with E-state index in [4.69, 9.17) is 0 Å². The molecule has 2 saturated carbocycles. The second kappa shape index (κ2) is 3.92. The zero-order chi connectivity index (χ0) is 8.23. The molecule has 0 aromatic rings. The number of nitrogens with zero attached hydrogens (tertiary/aromatic N) is 1. The quantitative estimate of drug-likeness (QED) is 0.639. The Hall–Kier alpha value is -0.530. The summed E-state index contributed by atoms with van der Waals surface area (Å²) in [7, 11) is 0. The highest BCUT2D eigenvalue weighted by Crippen LogP contribution is 2.23. The Kier molecular flexibility index (Phi) is 2.64. The third-order valence-corrected chi connectivity index (χ3v) is 3.02. The zero-order valence-electron chi connectivity index (χ0n) is 7.68. The predicted octanol–water partition coefficient (Wildman–Crippen LogP) is 2.31. The molecule has 2 nitrogen and oxygen atoms in total. The van der Waals surface area contributed by atoms with Crippen LogP contribution in [0.3, 0.4) is 0 Å². The molecule has 0 heterocycles. The van der Waals surface area contributed by atoms with E-state index < -0.39 is 0 Å². The van der Waals surface area contributed by atoms with Crippen molar-refractivity contribution in [3.63, 3.8) is 0 Å². The lowest BCUT2D eigenvalue weighted by atomic mass is 9.98. The maximum absolute atomic E-state index is 4.36. The molecule has 12 heavy (non-hydrogen) atoms. The molecule has 2 fully saturated rings. The van der Waals surface area contributed by atoms with E-state index in [1.54, 1.807) is 0 Å². The van der Waals surface area contributed by atoms with Gasteiger partial charge >= 0.3 is 0 Å². The van der Waals surface area contributed by atoms with Crippen LogP contribution >= 0.6 is 0 Å². The van der Waals surface area contributed by atoms with Crippen LogP contribution in [0.15, 0.2) is 5.10 Å². The van der Waals surface area contributed by atoms with Crippen molar-refractivity contribution in [2.24, 2.45) is 11.0 Å². The van der Waals surface area contributed by atoms with E-state index in [-0.39, 0.29) is 0 Å². The highest BCUT2D eigenvalue weighted by Gasteiger charge is 2.14.